The van der Waals surface area contributed by atoms with E-state index in [9.17, 15) is 45.6 Å². The molecule has 5 rings (SSSR count). The van der Waals surface area contributed by atoms with Gasteiger partial charge in [0.2, 0.25) is 17.5 Å². The lowest BCUT2D eigenvalue weighted by molar-refractivity contribution is -0.318. The van der Waals surface area contributed by atoms with Crippen LogP contribution >= 0.6 is 0 Å². The van der Waals surface area contributed by atoms with Gasteiger partial charge in [-0.2, -0.15) is 0 Å². The molecule has 2 aliphatic heterocycles. The third kappa shape index (κ3) is 5.49. The van der Waals surface area contributed by atoms with Gasteiger partial charge in [-0.05, 0) is 6.92 Å². The Morgan fingerprint density at radius 3 is 2.17 bits per heavy atom. The third-order valence-corrected chi connectivity index (χ3v) is 7.09. The second-order valence-electron chi connectivity index (χ2n) is 9.94. The summed E-state index contributed by atoms with van der Waals surface area (Å²) in [6, 6.07) is 10.3. The van der Waals surface area contributed by atoms with Gasteiger partial charge in [-0.25, -0.2) is 0 Å². The highest BCUT2D eigenvalue weighted by Gasteiger charge is 2.47. The molecule has 0 unspecified atom stereocenters. The Balaban J connectivity index is 1.45. The molecule has 14 heteroatoms. The molecule has 3 aromatic rings. The minimum atomic E-state index is -1.87. The summed E-state index contributed by atoms with van der Waals surface area (Å²) in [6.07, 6.45) is -15.5. The summed E-state index contributed by atoms with van der Waals surface area (Å²) in [5.41, 5.74) is -0.682. The van der Waals surface area contributed by atoms with Gasteiger partial charge in [-0.15, -0.1) is 0 Å². The smallest absolute Gasteiger partial charge is 0.239 e. The molecule has 0 aliphatic carbocycles. The predicted octanol–water partition coefficient (Wildman–Crippen LogP) is -1.10. The van der Waals surface area contributed by atoms with E-state index in [1.807, 2.05) is 0 Å². The standard InChI is InChI=1S/C27H30O14/c1-10-17(30)20(33)22(35)26(38-10)37-9-15-18(31)21(34)23(36)27(40-15)41-25-19(32)16-13(29)7-12(28)8-14(16)39-24(25)11-5-3-2-4-6-11/h2-8,10,15,17-18,20-23,26-31,33-36H,9H2,1H3/t10-,15+,17-,18+,20+,21-,22+,23+,26+,27+/m0/s1. The first-order valence-corrected chi connectivity index (χ1v) is 12.7. The fraction of sp³-hybridized carbons (Fsp3) is 0.444. The van der Waals surface area contributed by atoms with Crippen molar-refractivity contribution >= 4 is 11.0 Å². The van der Waals surface area contributed by atoms with E-state index < -0.39 is 84.9 Å². The Morgan fingerprint density at radius 1 is 0.805 bits per heavy atom. The van der Waals surface area contributed by atoms with Crippen molar-refractivity contribution in [2.75, 3.05) is 6.61 Å². The molecule has 0 radical (unpaired) electrons. The van der Waals surface area contributed by atoms with Gasteiger partial charge in [-0.1, -0.05) is 30.3 Å². The van der Waals surface area contributed by atoms with Crippen LogP contribution in [0.5, 0.6) is 17.2 Å². The minimum absolute atomic E-state index is 0.141. The molecule has 2 aromatic carbocycles. The van der Waals surface area contributed by atoms with E-state index in [4.69, 9.17) is 23.4 Å². The largest absolute Gasteiger partial charge is 0.508 e. The van der Waals surface area contributed by atoms with Crippen molar-refractivity contribution in [1.82, 2.24) is 0 Å². The Labute approximate surface area is 231 Å². The monoisotopic (exact) mass is 578 g/mol. The molecule has 2 saturated heterocycles. The van der Waals surface area contributed by atoms with Crippen LogP contribution in [0.3, 0.4) is 0 Å². The molecule has 8 N–H and O–H groups in total. The first-order valence-electron chi connectivity index (χ1n) is 12.7. The van der Waals surface area contributed by atoms with E-state index in [1.54, 1.807) is 30.3 Å². The molecule has 14 nitrogen and oxygen atoms in total. The molecule has 41 heavy (non-hydrogen) atoms. The van der Waals surface area contributed by atoms with Crippen LogP contribution < -0.4 is 10.2 Å². The van der Waals surface area contributed by atoms with Gasteiger partial charge in [0, 0.05) is 17.7 Å². The highest BCUT2D eigenvalue weighted by Crippen LogP contribution is 2.37. The summed E-state index contributed by atoms with van der Waals surface area (Å²) in [5, 5.41) is 81.7. The maximum atomic E-state index is 13.5. The molecular formula is C27H30O14. The van der Waals surface area contributed by atoms with Crippen molar-refractivity contribution < 1.29 is 64.2 Å². The van der Waals surface area contributed by atoms with Gasteiger partial charge in [0.15, 0.2) is 12.1 Å². The van der Waals surface area contributed by atoms with E-state index in [-0.39, 0.29) is 22.5 Å². The fourth-order valence-corrected chi connectivity index (χ4v) is 4.76. The lowest BCUT2D eigenvalue weighted by Crippen LogP contribution is -2.61. The van der Waals surface area contributed by atoms with Gasteiger partial charge < -0.3 is 64.2 Å². The second kappa shape index (κ2) is 11.5. The summed E-state index contributed by atoms with van der Waals surface area (Å²) in [6.45, 7) is 0.907. The minimum Gasteiger partial charge on any atom is -0.508 e. The molecule has 0 spiro atoms. The summed E-state index contributed by atoms with van der Waals surface area (Å²) >= 11 is 0. The van der Waals surface area contributed by atoms with Gasteiger partial charge in [0.25, 0.3) is 0 Å². The van der Waals surface area contributed by atoms with Crippen LogP contribution in [0.15, 0.2) is 51.7 Å². The van der Waals surface area contributed by atoms with Crippen LogP contribution in [0.1, 0.15) is 6.92 Å². The second-order valence-corrected chi connectivity index (χ2v) is 9.94. The van der Waals surface area contributed by atoms with Crippen LogP contribution in [-0.4, -0.2) is 109 Å². The molecule has 222 valence electrons. The maximum Gasteiger partial charge on any atom is 0.239 e. The average Bonchev–Trinajstić information content (AvgIpc) is 2.95. The molecule has 10 atom stereocenters. The number of phenols is 2. The number of aromatic hydroxyl groups is 2. The molecule has 3 heterocycles. The normalized spacial score (nSPS) is 34.0. The molecule has 0 bridgehead atoms. The Morgan fingerprint density at radius 2 is 1.46 bits per heavy atom. The first kappa shape index (κ1) is 29.2. The molecule has 2 fully saturated rings. The lowest BCUT2D eigenvalue weighted by Gasteiger charge is -2.42. The summed E-state index contributed by atoms with van der Waals surface area (Å²) < 4.78 is 28.1. The summed E-state index contributed by atoms with van der Waals surface area (Å²) in [4.78, 5) is 13.5. The van der Waals surface area contributed by atoms with Crippen LogP contribution in [0.4, 0.5) is 0 Å². The third-order valence-electron chi connectivity index (χ3n) is 7.09. The number of ether oxygens (including phenoxy) is 4. The maximum absolute atomic E-state index is 13.5. The first-order chi connectivity index (χ1) is 19.5. The van der Waals surface area contributed by atoms with Crippen molar-refractivity contribution in [3.63, 3.8) is 0 Å². The average molecular weight is 579 g/mol. The number of hydrogen-bond donors (Lipinski definition) is 8. The van der Waals surface area contributed by atoms with Crippen LogP contribution in [0.2, 0.25) is 0 Å². The molecule has 0 saturated carbocycles. The quantitative estimate of drug-likeness (QED) is 0.174. The molecule has 1 aromatic heterocycles. The molecule has 2 aliphatic rings. The number of rotatable bonds is 6. The Kier molecular flexibility index (Phi) is 8.20. The highest BCUT2D eigenvalue weighted by molar-refractivity contribution is 5.88. The van der Waals surface area contributed by atoms with E-state index >= 15 is 0 Å². The highest BCUT2D eigenvalue weighted by atomic mass is 16.7. The van der Waals surface area contributed by atoms with Crippen LogP contribution in [0.25, 0.3) is 22.3 Å². The van der Waals surface area contributed by atoms with Crippen LogP contribution in [0, 0.1) is 0 Å². The SMILES string of the molecule is C[C@@H]1O[C@@H](OC[C@H]2O[C@H](Oc3c(-c4ccccc4)oc4cc(O)cc(O)c4c3=O)[C@H](O)[C@@H](O)[C@@H]2O)[C@H](O)[C@H](O)[C@H]1O. The zero-order valence-corrected chi connectivity index (χ0v) is 21.5. The van der Waals surface area contributed by atoms with Crippen molar-refractivity contribution in [2.24, 2.45) is 0 Å². The molecular weight excluding hydrogens is 548 g/mol. The number of aliphatic hydroxyl groups excluding tert-OH is 6. The summed E-state index contributed by atoms with van der Waals surface area (Å²) in [5.74, 6) is -1.61. The number of fused-ring (bicyclic) bond motifs is 1. The van der Waals surface area contributed by atoms with Crippen molar-refractivity contribution in [3.05, 3.63) is 52.7 Å². The Bertz CT molecular complexity index is 1430. The number of aliphatic hydroxyl groups is 6. The van der Waals surface area contributed by atoms with E-state index in [2.05, 4.69) is 0 Å². The van der Waals surface area contributed by atoms with Gasteiger partial charge in [-0.3, -0.25) is 4.79 Å². The van der Waals surface area contributed by atoms with Crippen molar-refractivity contribution in [2.45, 2.75) is 68.3 Å². The Hall–Kier alpha value is -3.31. The van der Waals surface area contributed by atoms with Gasteiger partial charge >= 0.3 is 0 Å². The van der Waals surface area contributed by atoms with E-state index in [0.29, 0.717) is 5.56 Å². The molecule has 0 amide bonds. The zero-order chi connectivity index (χ0) is 29.6. The predicted molar refractivity (Wildman–Crippen MR) is 137 cm³/mol. The van der Waals surface area contributed by atoms with E-state index in [1.165, 1.54) is 6.92 Å². The van der Waals surface area contributed by atoms with Gasteiger partial charge in [0.1, 0.15) is 65.2 Å². The van der Waals surface area contributed by atoms with E-state index in [0.717, 1.165) is 12.1 Å². The van der Waals surface area contributed by atoms with Crippen molar-refractivity contribution in [1.29, 1.82) is 0 Å². The van der Waals surface area contributed by atoms with Crippen LogP contribution in [-0.2, 0) is 14.2 Å². The number of hydrogen-bond acceptors (Lipinski definition) is 14. The lowest BCUT2D eigenvalue weighted by atomic mass is 9.98. The number of benzene rings is 2. The van der Waals surface area contributed by atoms with Crippen molar-refractivity contribution in [3.8, 4) is 28.6 Å². The number of phenolic OH excluding ortho intramolecular Hbond substituents is 2. The zero-order valence-electron chi connectivity index (χ0n) is 21.5. The topological polar surface area (TPSA) is 229 Å². The fourth-order valence-electron chi connectivity index (χ4n) is 4.76. The van der Waals surface area contributed by atoms with Gasteiger partial charge in [0.05, 0.1) is 12.7 Å². The summed E-state index contributed by atoms with van der Waals surface area (Å²) in [7, 11) is 0.